The normalized spacial score (nSPS) is 9.76. The van der Waals surface area contributed by atoms with Gasteiger partial charge in [-0.25, -0.2) is 4.79 Å². The van der Waals surface area contributed by atoms with Gasteiger partial charge >= 0.3 is 5.97 Å². The molecule has 0 heterocycles. The van der Waals surface area contributed by atoms with Crippen LogP contribution >= 0.6 is 22.6 Å². The summed E-state index contributed by atoms with van der Waals surface area (Å²) in [6, 6.07) is 7.29. The lowest BCUT2D eigenvalue weighted by molar-refractivity contribution is -0.150. The number of carbonyl (C=O) groups excluding carboxylic acids is 2. The van der Waals surface area contributed by atoms with Gasteiger partial charge in [0.2, 0.25) is 0 Å². The van der Waals surface area contributed by atoms with E-state index in [1.54, 1.807) is 12.1 Å². The molecule has 0 aliphatic carbocycles. The minimum atomic E-state index is -0.565. The van der Waals surface area contributed by atoms with Crippen LogP contribution in [0.4, 0.5) is 5.69 Å². The number of hydrogen-bond acceptors (Lipinski definition) is 4. The zero-order valence-corrected chi connectivity index (χ0v) is 11.4. The van der Waals surface area contributed by atoms with Crippen LogP contribution in [-0.4, -0.2) is 32.2 Å². The van der Waals surface area contributed by atoms with E-state index in [0.717, 1.165) is 3.57 Å². The first-order valence-corrected chi connectivity index (χ1v) is 5.89. The first-order chi connectivity index (χ1) is 8.11. The lowest BCUT2D eigenvalue weighted by Crippen LogP contribution is -2.22. The fourth-order valence-electron chi connectivity index (χ4n) is 1.04. The molecule has 0 aliphatic rings. The van der Waals surface area contributed by atoms with Crippen LogP contribution in [0.15, 0.2) is 24.3 Å². The molecule has 0 atom stereocenters. The fourth-order valence-corrected chi connectivity index (χ4v) is 1.40. The van der Waals surface area contributed by atoms with Crippen molar-refractivity contribution in [2.45, 2.75) is 0 Å². The number of anilines is 1. The Morgan fingerprint density at radius 1 is 1.24 bits per heavy atom. The first kappa shape index (κ1) is 13.9. The van der Waals surface area contributed by atoms with Gasteiger partial charge in [0, 0.05) is 16.4 Å². The molecule has 6 heteroatoms. The molecule has 5 nitrogen and oxygen atoms in total. The van der Waals surface area contributed by atoms with Crippen LogP contribution in [0.25, 0.3) is 0 Å². The van der Waals surface area contributed by atoms with Crippen LogP contribution in [0.1, 0.15) is 0 Å². The van der Waals surface area contributed by atoms with Crippen molar-refractivity contribution < 1.29 is 19.1 Å². The molecular weight excluding hydrogens is 337 g/mol. The van der Waals surface area contributed by atoms with Crippen LogP contribution in [0.3, 0.4) is 0 Å². The Balaban J connectivity index is 2.34. The highest BCUT2D eigenvalue weighted by atomic mass is 127. The molecule has 92 valence electrons. The summed E-state index contributed by atoms with van der Waals surface area (Å²) >= 11 is 2.17. The van der Waals surface area contributed by atoms with E-state index in [4.69, 9.17) is 0 Å². The molecule has 0 unspecified atom stereocenters. The molecule has 1 aromatic rings. The first-order valence-electron chi connectivity index (χ1n) is 4.82. The van der Waals surface area contributed by atoms with Crippen molar-refractivity contribution in [3.63, 3.8) is 0 Å². The zero-order chi connectivity index (χ0) is 12.7. The minimum Gasteiger partial charge on any atom is -0.454 e. The van der Waals surface area contributed by atoms with E-state index >= 15 is 0 Å². The number of halogens is 1. The van der Waals surface area contributed by atoms with Crippen molar-refractivity contribution in [3.05, 3.63) is 27.8 Å². The van der Waals surface area contributed by atoms with Crippen molar-refractivity contribution in [1.82, 2.24) is 0 Å². The molecule has 1 aromatic carbocycles. The molecule has 0 bridgehead atoms. The number of carbonyl (C=O) groups is 2. The Bertz CT molecular complexity index is 391. The summed E-state index contributed by atoms with van der Waals surface area (Å²) in [7, 11) is 1.38. The van der Waals surface area contributed by atoms with Gasteiger partial charge in [0.15, 0.2) is 6.61 Å². The quantitative estimate of drug-likeness (QED) is 0.645. The maximum absolute atomic E-state index is 11.4. The third kappa shape index (κ3) is 5.64. The Labute approximate surface area is 113 Å². The molecule has 1 N–H and O–H groups in total. The molecule has 0 aromatic heterocycles. The van der Waals surface area contributed by atoms with E-state index in [2.05, 4.69) is 37.4 Å². The minimum absolute atomic E-state index is 0.156. The maximum Gasteiger partial charge on any atom is 0.332 e. The number of ether oxygens (including phenoxy) is 2. The van der Waals surface area contributed by atoms with E-state index in [1.807, 2.05) is 12.1 Å². The summed E-state index contributed by atoms with van der Waals surface area (Å²) in [5.41, 5.74) is 0.665. The Morgan fingerprint density at radius 3 is 2.47 bits per heavy atom. The van der Waals surface area contributed by atoms with Gasteiger partial charge in [0.1, 0.15) is 6.61 Å². The molecule has 1 amide bonds. The SMILES string of the molecule is COCC(=O)OCC(=O)Nc1ccc(I)cc1. The number of rotatable bonds is 5. The maximum atomic E-state index is 11.4. The van der Waals surface area contributed by atoms with Gasteiger partial charge in [-0.05, 0) is 46.9 Å². The second-order valence-corrected chi connectivity index (χ2v) is 4.39. The number of methoxy groups -OCH3 is 1. The largest absolute Gasteiger partial charge is 0.454 e. The van der Waals surface area contributed by atoms with Crippen LogP contribution in [0.5, 0.6) is 0 Å². The highest BCUT2D eigenvalue weighted by Crippen LogP contribution is 2.10. The number of nitrogens with one attached hydrogen (secondary N) is 1. The Hall–Kier alpha value is -1.15. The lowest BCUT2D eigenvalue weighted by Gasteiger charge is -2.06. The second-order valence-electron chi connectivity index (χ2n) is 3.15. The van der Waals surface area contributed by atoms with Crippen LogP contribution in [-0.2, 0) is 19.1 Å². The summed E-state index contributed by atoms with van der Waals surface area (Å²) in [5.74, 6) is -0.944. The topological polar surface area (TPSA) is 64.6 Å². The van der Waals surface area contributed by atoms with Crippen molar-refractivity contribution in [1.29, 1.82) is 0 Å². The van der Waals surface area contributed by atoms with Gasteiger partial charge in [0.25, 0.3) is 5.91 Å². The Morgan fingerprint density at radius 2 is 1.88 bits per heavy atom. The highest BCUT2D eigenvalue weighted by Gasteiger charge is 2.07. The second kappa shape index (κ2) is 7.23. The van der Waals surface area contributed by atoms with Crippen molar-refractivity contribution in [2.75, 3.05) is 25.6 Å². The molecule has 0 saturated heterocycles. The van der Waals surface area contributed by atoms with Crippen LogP contribution in [0, 0.1) is 3.57 Å². The molecule has 0 fully saturated rings. The van der Waals surface area contributed by atoms with Crippen molar-refractivity contribution in [3.8, 4) is 0 Å². The van der Waals surface area contributed by atoms with Gasteiger partial charge in [0.05, 0.1) is 0 Å². The molecule has 0 radical (unpaired) electrons. The van der Waals surface area contributed by atoms with Crippen LogP contribution in [0.2, 0.25) is 0 Å². The lowest BCUT2D eigenvalue weighted by atomic mass is 10.3. The van der Waals surface area contributed by atoms with E-state index < -0.39 is 5.97 Å². The summed E-state index contributed by atoms with van der Waals surface area (Å²) in [5, 5.41) is 2.61. The van der Waals surface area contributed by atoms with E-state index in [9.17, 15) is 9.59 Å². The summed E-state index contributed by atoms with van der Waals surface area (Å²) < 4.78 is 10.3. The third-order valence-corrected chi connectivity index (χ3v) is 2.47. The summed E-state index contributed by atoms with van der Waals surface area (Å²) in [6.07, 6.45) is 0. The van der Waals surface area contributed by atoms with Crippen molar-refractivity contribution >= 4 is 40.2 Å². The molecular formula is C11H12INO4. The average Bonchev–Trinajstić information content (AvgIpc) is 2.30. The van der Waals surface area contributed by atoms with Gasteiger partial charge < -0.3 is 14.8 Å². The molecule has 1 rings (SSSR count). The fraction of sp³-hybridized carbons (Fsp3) is 0.273. The molecule has 17 heavy (non-hydrogen) atoms. The van der Waals surface area contributed by atoms with Crippen molar-refractivity contribution in [2.24, 2.45) is 0 Å². The van der Waals surface area contributed by atoms with Gasteiger partial charge in [-0.1, -0.05) is 0 Å². The van der Waals surface area contributed by atoms with E-state index in [1.165, 1.54) is 7.11 Å². The van der Waals surface area contributed by atoms with Gasteiger partial charge in [-0.15, -0.1) is 0 Å². The third-order valence-electron chi connectivity index (χ3n) is 1.75. The monoisotopic (exact) mass is 349 g/mol. The van der Waals surface area contributed by atoms with Gasteiger partial charge in [-0.3, -0.25) is 4.79 Å². The standard InChI is InChI=1S/C11H12INO4/c1-16-7-11(15)17-6-10(14)13-9-4-2-8(12)3-5-9/h2-5H,6-7H2,1H3,(H,13,14). The Kier molecular flexibility index (Phi) is 5.92. The molecule has 0 spiro atoms. The number of amides is 1. The van der Waals surface area contributed by atoms with E-state index in [0.29, 0.717) is 5.69 Å². The predicted molar refractivity (Wildman–Crippen MR) is 70.6 cm³/mol. The summed E-state index contributed by atoms with van der Waals surface area (Å²) in [6.45, 7) is -0.467. The molecule has 0 saturated carbocycles. The van der Waals surface area contributed by atoms with E-state index in [-0.39, 0.29) is 19.1 Å². The summed E-state index contributed by atoms with van der Waals surface area (Å²) in [4.78, 5) is 22.3. The molecule has 0 aliphatic heterocycles. The predicted octanol–water partition coefficient (Wildman–Crippen LogP) is 1.42. The van der Waals surface area contributed by atoms with Gasteiger partial charge in [-0.2, -0.15) is 0 Å². The highest BCUT2D eigenvalue weighted by molar-refractivity contribution is 14.1. The number of esters is 1. The zero-order valence-electron chi connectivity index (χ0n) is 9.23. The number of benzene rings is 1. The average molecular weight is 349 g/mol. The smallest absolute Gasteiger partial charge is 0.332 e. The number of hydrogen-bond donors (Lipinski definition) is 1. The van der Waals surface area contributed by atoms with Crippen LogP contribution < -0.4 is 5.32 Å².